The van der Waals surface area contributed by atoms with Crippen molar-refractivity contribution in [2.45, 2.75) is 32.0 Å². The van der Waals surface area contributed by atoms with Gasteiger partial charge in [0.15, 0.2) is 0 Å². The van der Waals surface area contributed by atoms with E-state index in [1.165, 1.54) is 4.31 Å². The van der Waals surface area contributed by atoms with Crippen LogP contribution in [0.4, 0.5) is 13.2 Å². The first-order valence-electron chi connectivity index (χ1n) is 5.49. The third-order valence-corrected chi connectivity index (χ3v) is 4.72. The highest BCUT2D eigenvalue weighted by Gasteiger charge is 2.31. The third-order valence-electron chi connectivity index (χ3n) is 2.66. The molecular weight excluding hydrogens is 257 g/mol. The number of piperazine rings is 1. The second-order valence-corrected chi connectivity index (χ2v) is 6.24. The second-order valence-electron chi connectivity index (χ2n) is 4.20. The van der Waals surface area contributed by atoms with Crippen LogP contribution in [0.3, 0.4) is 0 Å². The van der Waals surface area contributed by atoms with Crippen molar-refractivity contribution in [3.8, 4) is 0 Å². The van der Waals surface area contributed by atoms with Crippen LogP contribution < -0.4 is 5.32 Å². The predicted octanol–water partition coefficient (Wildman–Crippen LogP) is 0.952. The molecule has 1 heterocycles. The molecule has 8 heteroatoms. The SMILES string of the molecule is CC1CNCCN1S(=O)(=O)CCCC(F)(F)F. The first kappa shape index (κ1) is 14.7. The summed E-state index contributed by atoms with van der Waals surface area (Å²) in [5.74, 6) is -0.434. The number of sulfonamides is 1. The second kappa shape index (κ2) is 5.53. The van der Waals surface area contributed by atoms with Gasteiger partial charge in [-0.3, -0.25) is 0 Å². The molecule has 0 aliphatic carbocycles. The molecule has 1 aliphatic heterocycles. The quantitative estimate of drug-likeness (QED) is 0.830. The van der Waals surface area contributed by atoms with Crippen molar-refractivity contribution in [3.05, 3.63) is 0 Å². The topological polar surface area (TPSA) is 49.4 Å². The predicted molar refractivity (Wildman–Crippen MR) is 58.1 cm³/mol. The number of halogens is 3. The van der Waals surface area contributed by atoms with Crippen LogP contribution in [0.15, 0.2) is 0 Å². The Morgan fingerprint density at radius 1 is 1.41 bits per heavy atom. The van der Waals surface area contributed by atoms with Gasteiger partial charge in [-0.25, -0.2) is 8.42 Å². The summed E-state index contributed by atoms with van der Waals surface area (Å²) in [4.78, 5) is 0. The van der Waals surface area contributed by atoms with Gasteiger partial charge < -0.3 is 5.32 Å². The molecule has 1 aliphatic rings. The van der Waals surface area contributed by atoms with Gasteiger partial charge in [0.2, 0.25) is 10.0 Å². The van der Waals surface area contributed by atoms with Crippen molar-refractivity contribution in [1.29, 1.82) is 0 Å². The Bertz CT molecular complexity index is 343. The number of nitrogens with one attached hydrogen (secondary N) is 1. The average molecular weight is 274 g/mol. The van der Waals surface area contributed by atoms with Crippen molar-refractivity contribution in [2.24, 2.45) is 0 Å². The van der Waals surface area contributed by atoms with Crippen LogP contribution in [0.5, 0.6) is 0 Å². The Hall–Kier alpha value is -0.340. The number of alkyl halides is 3. The summed E-state index contributed by atoms with van der Waals surface area (Å²) in [6.45, 7) is 3.16. The maximum absolute atomic E-state index is 11.9. The Labute approximate surface area is 99.2 Å². The molecule has 1 saturated heterocycles. The molecule has 0 bridgehead atoms. The molecule has 0 aromatic rings. The fourth-order valence-electron chi connectivity index (χ4n) is 1.81. The number of rotatable bonds is 4. The van der Waals surface area contributed by atoms with Crippen LogP contribution in [0, 0.1) is 0 Å². The largest absolute Gasteiger partial charge is 0.389 e. The number of nitrogens with zero attached hydrogens (tertiary/aromatic N) is 1. The maximum atomic E-state index is 11.9. The van der Waals surface area contributed by atoms with E-state index in [4.69, 9.17) is 0 Å². The van der Waals surface area contributed by atoms with Crippen molar-refractivity contribution >= 4 is 10.0 Å². The summed E-state index contributed by atoms with van der Waals surface area (Å²) in [5.41, 5.74) is 0. The molecule has 1 unspecified atom stereocenters. The third kappa shape index (κ3) is 4.81. The first-order chi connectivity index (χ1) is 7.72. The van der Waals surface area contributed by atoms with Crippen molar-refractivity contribution in [3.63, 3.8) is 0 Å². The zero-order valence-corrected chi connectivity index (χ0v) is 10.4. The van der Waals surface area contributed by atoms with Crippen LogP contribution in [0.1, 0.15) is 19.8 Å². The Morgan fingerprint density at radius 2 is 2.06 bits per heavy atom. The molecule has 0 aromatic heterocycles. The fraction of sp³-hybridized carbons (Fsp3) is 1.00. The molecule has 102 valence electrons. The number of hydrogen-bond donors (Lipinski definition) is 1. The molecule has 0 saturated carbocycles. The van der Waals surface area contributed by atoms with Gasteiger partial charge in [-0.1, -0.05) is 0 Å². The summed E-state index contributed by atoms with van der Waals surface area (Å²) in [6.07, 6.45) is -5.71. The summed E-state index contributed by atoms with van der Waals surface area (Å²) in [5, 5.41) is 3.03. The smallest absolute Gasteiger partial charge is 0.314 e. The van der Waals surface area contributed by atoms with E-state index in [0.717, 1.165) is 0 Å². The van der Waals surface area contributed by atoms with E-state index >= 15 is 0 Å². The molecule has 0 amide bonds. The van der Waals surface area contributed by atoms with E-state index in [2.05, 4.69) is 5.32 Å². The molecule has 4 nitrogen and oxygen atoms in total. The molecule has 0 aromatic carbocycles. The van der Waals surface area contributed by atoms with E-state index < -0.39 is 28.4 Å². The summed E-state index contributed by atoms with van der Waals surface area (Å²) in [6, 6.07) is -0.195. The highest BCUT2D eigenvalue weighted by atomic mass is 32.2. The number of hydrogen-bond acceptors (Lipinski definition) is 3. The average Bonchev–Trinajstić information content (AvgIpc) is 2.15. The van der Waals surface area contributed by atoms with Crippen LogP contribution in [0.25, 0.3) is 0 Å². The standard InChI is InChI=1S/C9H17F3N2O2S/c1-8-7-13-4-5-14(8)17(15,16)6-2-3-9(10,11)12/h8,13H,2-7H2,1H3. The van der Waals surface area contributed by atoms with E-state index in [1.54, 1.807) is 6.92 Å². The van der Waals surface area contributed by atoms with Gasteiger partial charge in [0.05, 0.1) is 5.75 Å². The van der Waals surface area contributed by atoms with Gasteiger partial charge >= 0.3 is 6.18 Å². The van der Waals surface area contributed by atoms with Gasteiger partial charge in [-0.2, -0.15) is 17.5 Å². The maximum Gasteiger partial charge on any atom is 0.389 e. The lowest BCUT2D eigenvalue weighted by atomic mass is 10.3. The van der Waals surface area contributed by atoms with Gasteiger partial charge in [-0.05, 0) is 13.3 Å². The van der Waals surface area contributed by atoms with Gasteiger partial charge in [0.1, 0.15) is 0 Å². The van der Waals surface area contributed by atoms with Crippen LogP contribution in [-0.4, -0.2) is 50.3 Å². The summed E-state index contributed by atoms with van der Waals surface area (Å²) < 4.78 is 60.7. The lowest BCUT2D eigenvalue weighted by molar-refractivity contribution is -0.134. The molecule has 1 fully saturated rings. The van der Waals surface area contributed by atoms with Crippen molar-refractivity contribution in [1.82, 2.24) is 9.62 Å². The Morgan fingerprint density at radius 3 is 2.59 bits per heavy atom. The highest BCUT2D eigenvalue weighted by molar-refractivity contribution is 7.89. The van der Waals surface area contributed by atoms with Gasteiger partial charge in [-0.15, -0.1) is 0 Å². The monoisotopic (exact) mass is 274 g/mol. The first-order valence-corrected chi connectivity index (χ1v) is 7.10. The molecule has 1 atom stereocenters. The Kier molecular flexibility index (Phi) is 4.79. The lowest BCUT2D eigenvalue weighted by Crippen LogP contribution is -2.52. The zero-order chi connectivity index (χ0) is 13.1. The fourth-order valence-corrected chi connectivity index (χ4v) is 3.54. The molecular formula is C9H17F3N2O2S. The Balaban J connectivity index is 2.50. The normalized spacial score (nSPS) is 23.9. The molecule has 0 spiro atoms. The van der Waals surface area contributed by atoms with Gasteiger partial charge in [0.25, 0.3) is 0 Å². The van der Waals surface area contributed by atoms with Crippen LogP contribution in [0.2, 0.25) is 0 Å². The highest BCUT2D eigenvalue weighted by Crippen LogP contribution is 2.22. The van der Waals surface area contributed by atoms with E-state index in [1.807, 2.05) is 0 Å². The minimum absolute atomic E-state index is 0.195. The van der Waals surface area contributed by atoms with E-state index in [-0.39, 0.29) is 12.5 Å². The molecule has 17 heavy (non-hydrogen) atoms. The zero-order valence-electron chi connectivity index (χ0n) is 9.63. The van der Waals surface area contributed by atoms with Crippen LogP contribution in [-0.2, 0) is 10.0 Å². The van der Waals surface area contributed by atoms with E-state index in [0.29, 0.717) is 19.6 Å². The summed E-state index contributed by atoms with van der Waals surface area (Å²) >= 11 is 0. The summed E-state index contributed by atoms with van der Waals surface area (Å²) in [7, 11) is -3.56. The van der Waals surface area contributed by atoms with E-state index in [9.17, 15) is 21.6 Å². The van der Waals surface area contributed by atoms with Crippen LogP contribution >= 0.6 is 0 Å². The minimum Gasteiger partial charge on any atom is -0.314 e. The lowest BCUT2D eigenvalue weighted by Gasteiger charge is -2.32. The van der Waals surface area contributed by atoms with Gasteiger partial charge in [0, 0.05) is 32.1 Å². The molecule has 1 N–H and O–H groups in total. The minimum atomic E-state index is -4.29. The molecule has 0 radical (unpaired) electrons. The molecule has 1 rings (SSSR count). The van der Waals surface area contributed by atoms with Crippen molar-refractivity contribution in [2.75, 3.05) is 25.4 Å². The van der Waals surface area contributed by atoms with Crippen molar-refractivity contribution < 1.29 is 21.6 Å².